The van der Waals surface area contributed by atoms with E-state index in [1.54, 1.807) is 17.1 Å². The van der Waals surface area contributed by atoms with Crippen LogP contribution in [0.25, 0.3) is 0 Å². The molecule has 0 aliphatic rings. The highest BCUT2D eigenvalue weighted by Crippen LogP contribution is 1.89. The van der Waals surface area contributed by atoms with Crippen LogP contribution < -0.4 is 10.0 Å². The van der Waals surface area contributed by atoms with Crippen LogP contribution in [0.3, 0.4) is 0 Å². The molecule has 0 atom stereocenters. The summed E-state index contributed by atoms with van der Waals surface area (Å²) in [5.74, 6) is 0.150. The zero-order valence-electron chi connectivity index (χ0n) is 9.96. The minimum atomic E-state index is -3.17. The van der Waals surface area contributed by atoms with E-state index < -0.39 is 10.0 Å². The summed E-state index contributed by atoms with van der Waals surface area (Å²) in [7, 11) is -3.17. The average Bonchev–Trinajstić information content (AvgIpc) is 2.77. The van der Waals surface area contributed by atoms with Crippen molar-refractivity contribution in [2.24, 2.45) is 0 Å². The number of hydrogen-bond donors (Lipinski definition) is 2. The van der Waals surface area contributed by atoms with Crippen LogP contribution in [-0.2, 0) is 16.6 Å². The molecule has 2 N–H and O–H groups in total. The van der Waals surface area contributed by atoms with Gasteiger partial charge in [0, 0.05) is 12.7 Å². The molecule has 0 amide bonds. The predicted octanol–water partition coefficient (Wildman–Crippen LogP) is -0.803. The summed E-state index contributed by atoms with van der Waals surface area (Å²) < 4.78 is 27.2. The summed E-state index contributed by atoms with van der Waals surface area (Å²) in [4.78, 5) is 0. The van der Waals surface area contributed by atoms with Gasteiger partial charge in [0.25, 0.3) is 0 Å². The molecule has 0 fully saturated rings. The van der Waals surface area contributed by atoms with Crippen molar-refractivity contribution in [3.05, 3.63) is 12.4 Å². The minimum Gasteiger partial charge on any atom is -0.317 e. The van der Waals surface area contributed by atoms with E-state index in [0.29, 0.717) is 19.5 Å². The predicted molar refractivity (Wildman–Crippen MR) is 65.0 cm³/mol. The second kappa shape index (κ2) is 7.36. The van der Waals surface area contributed by atoms with Crippen LogP contribution in [-0.4, -0.2) is 48.8 Å². The number of nitrogens with zero attached hydrogens (tertiary/aromatic N) is 3. The lowest BCUT2D eigenvalue weighted by Crippen LogP contribution is -2.31. The molecule has 98 valence electrons. The van der Waals surface area contributed by atoms with Crippen LogP contribution in [0.15, 0.2) is 12.4 Å². The zero-order valence-corrected chi connectivity index (χ0v) is 10.8. The van der Waals surface area contributed by atoms with E-state index in [1.165, 1.54) is 0 Å². The topological polar surface area (TPSA) is 88.9 Å². The first kappa shape index (κ1) is 14.1. The third kappa shape index (κ3) is 6.35. The fourth-order valence-electron chi connectivity index (χ4n) is 1.30. The molecule has 7 nitrogen and oxygen atoms in total. The third-order valence-electron chi connectivity index (χ3n) is 2.15. The summed E-state index contributed by atoms with van der Waals surface area (Å²) in [5.41, 5.74) is 0. The van der Waals surface area contributed by atoms with Crippen LogP contribution in [0.5, 0.6) is 0 Å². The van der Waals surface area contributed by atoms with E-state index in [2.05, 4.69) is 20.4 Å². The van der Waals surface area contributed by atoms with Gasteiger partial charge in [-0.3, -0.25) is 4.68 Å². The molecule has 1 rings (SSSR count). The van der Waals surface area contributed by atoms with Gasteiger partial charge in [0.15, 0.2) is 0 Å². The van der Waals surface area contributed by atoms with Gasteiger partial charge in [-0.1, -0.05) is 12.1 Å². The second-order valence-electron chi connectivity index (χ2n) is 3.59. The zero-order chi connectivity index (χ0) is 12.6. The SMILES string of the molecule is CCNCCCS(=O)(=O)NCCn1ccnn1. The standard InChI is InChI=1S/C9H19N5O2S/c1-2-10-4-3-9-17(15,16)12-6-8-14-7-5-11-13-14/h5,7,10,12H,2-4,6,8-9H2,1H3. The van der Waals surface area contributed by atoms with Gasteiger partial charge in [-0.05, 0) is 19.5 Å². The smallest absolute Gasteiger partial charge is 0.211 e. The molecule has 0 unspecified atom stereocenters. The number of sulfonamides is 1. The fraction of sp³-hybridized carbons (Fsp3) is 0.778. The molecule has 0 saturated carbocycles. The van der Waals surface area contributed by atoms with Gasteiger partial charge in [-0.25, -0.2) is 13.1 Å². The first-order valence-corrected chi connectivity index (χ1v) is 7.31. The Morgan fingerprint density at radius 2 is 2.18 bits per heavy atom. The first-order chi connectivity index (χ1) is 8.14. The lowest BCUT2D eigenvalue weighted by molar-refractivity contribution is 0.550. The van der Waals surface area contributed by atoms with E-state index in [1.807, 2.05) is 6.92 Å². The van der Waals surface area contributed by atoms with E-state index >= 15 is 0 Å². The monoisotopic (exact) mass is 261 g/mol. The van der Waals surface area contributed by atoms with Gasteiger partial charge in [0.05, 0.1) is 18.5 Å². The first-order valence-electron chi connectivity index (χ1n) is 5.66. The molecule has 0 bridgehead atoms. The normalized spacial score (nSPS) is 11.8. The van der Waals surface area contributed by atoms with Gasteiger partial charge >= 0.3 is 0 Å². The number of nitrogens with one attached hydrogen (secondary N) is 2. The molecule has 0 aromatic carbocycles. The molecule has 0 aliphatic heterocycles. The van der Waals surface area contributed by atoms with Gasteiger partial charge in [-0.2, -0.15) is 0 Å². The Labute approximate surface area is 102 Å². The number of rotatable bonds is 9. The van der Waals surface area contributed by atoms with Crippen molar-refractivity contribution in [1.82, 2.24) is 25.0 Å². The molecular weight excluding hydrogens is 242 g/mol. The maximum absolute atomic E-state index is 11.5. The Morgan fingerprint density at radius 3 is 2.82 bits per heavy atom. The third-order valence-corrected chi connectivity index (χ3v) is 3.62. The quantitative estimate of drug-likeness (QED) is 0.568. The highest BCUT2D eigenvalue weighted by Gasteiger charge is 2.08. The minimum absolute atomic E-state index is 0.150. The second-order valence-corrected chi connectivity index (χ2v) is 5.51. The molecule has 17 heavy (non-hydrogen) atoms. The summed E-state index contributed by atoms with van der Waals surface area (Å²) in [5, 5.41) is 10.5. The number of hydrogen-bond acceptors (Lipinski definition) is 5. The molecular formula is C9H19N5O2S. The van der Waals surface area contributed by atoms with Crippen LogP contribution in [0.4, 0.5) is 0 Å². The van der Waals surface area contributed by atoms with Crippen molar-refractivity contribution < 1.29 is 8.42 Å². The summed E-state index contributed by atoms with van der Waals surface area (Å²) in [6.45, 7) is 4.41. The van der Waals surface area contributed by atoms with Crippen molar-refractivity contribution in [2.75, 3.05) is 25.4 Å². The Morgan fingerprint density at radius 1 is 1.35 bits per heavy atom. The van der Waals surface area contributed by atoms with Crippen LogP contribution in [0.2, 0.25) is 0 Å². The van der Waals surface area contributed by atoms with Gasteiger partial charge in [-0.15, -0.1) is 5.10 Å². The van der Waals surface area contributed by atoms with Gasteiger partial charge in [0.2, 0.25) is 10.0 Å². The van der Waals surface area contributed by atoms with E-state index in [-0.39, 0.29) is 5.75 Å². The van der Waals surface area contributed by atoms with E-state index in [4.69, 9.17) is 0 Å². The molecule has 0 radical (unpaired) electrons. The lowest BCUT2D eigenvalue weighted by atomic mass is 10.5. The van der Waals surface area contributed by atoms with Crippen molar-refractivity contribution in [3.63, 3.8) is 0 Å². The number of aromatic nitrogens is 3. The summed E-state index contributed by atoms with van der Waals surface area (Å²) in [6, 6.07) is 0. The van der Waals surface area contributed by atoms with Crippen molar-refractivity contribution in [3.8, 4) is 0 Å². The Kier molecular flexibility index (Phi) is 6.09. The Hall–Kier alpha value is -0.990. The summed E-state index contributed by atoms with van der Waals surface area (Å²) >= 11 is 0. The molecule has 8 heteroatoms. The summed E-state index contributed by atoms with van der Waals surface area (Å²) in [6.07, 6.45) is 3.87. The van der Waals surface area contributed by atoms with Gasteiger partial charge in [0.1, 0.15) is 0 Å². The molecule has 0 spiro atoms. The van der Waals surface area contributed by atoms with E-state index in [9.17, 15) is 8.42 Å². The van der Waals surface area contributed by atoms with E-state index in [0.717, 1.165) is 13.1 Å². The molecule has 1 heterocycles. The maximum atomic E-state index is 11.5. The highest BCUT2D eigenvalue weighted by atomic mass is 32.2. The maximum Gasteiger partial charge on any atom is 0.211 e. The van der Waals surface area contributed by atoms with Crippen LogP contribution >= 0.6 is 0 Å². The fourth-order valence-corrected chi connectivity index (χ4v) is 2.37. The average molecular weight is 261 g/mol. The highest BCUT2D eigenvalue weighted by molar-refractivity contribution is 7.89. The van der Waals surface area contributed by atoms with Crippen molar-refractivity contribution >= 4 is 10.0 Å². The lowest BCUT2D eigenvalue weighted by Gasteiger charge is -2.06. The Balaban J connectivity index is 2.16. The molecule has 0 aliphatic carbocycles. The van der Waals surface area contributed by atoms with Crippen LogP contribution in [0.1, 0.15) is 13.3 Å². The van der Waals surface area contributed by atoms with Gasteiger partial charge < -0.3 is 5.32 Å². The molecule has 1 aromatic rings. The van der Waals surface area contributed by atoms with Crippen molar-refractivity contribution in [2.45, 2.75) is 19.9 Å². The molecule has 1 aromatic heterocycles. The Bertz CT molecular complexity index is 390. The van der Waals surface area contributed by atoms with Crippen molar-refractivity contribution in [1.29, 1.82) is 0 Å². The molecule has 0 saturated heterocycles. The van der Waals surface area contributed by atoms with Crippen LogP contribution in [0, 0.1) is 0 Å². The largest absolute Gasteiger partial charge is 0.317 e.